The standard InChI is InChI=1S/C11H17N5/c1-9(12)10-7-13-8-16(10)5-3-11-14-4-6-15(11)2/h4,6-9H,3,5,12H2,1-2H3/t9-/m0/s1. The predicted molar refractivity (Wildman–Crippen MR) is 61.7 cm³/mol. The van der Waals surface area contributed by atoms with Crippen LogP contribution in [0.1, 0.15) is 24.5 Å². The molecule has 2 N–H and O–H groups in total. The minimum Gasteiger partial charge on any atom is -0.338 e. The van der Waals surface area contributed by atoms with Crippen molar-refractivity contribution in [2.75, 3.05) is 0 Å². The molecule has 0 fully saturated rings. The Kier molecular flexibility index (Phi) is 3.05. The minimum atomic E-state index is 0.0175. The van der Waals surface area contributed by atoms with Crippen molar-refractivity contribution < 1.29 is 0 Å². The molecular formula is C11H17N5. The molecule has 1 atom stereocenters. The highest BCUT2D eigenvalue weighted by Gasteiger charge is 2.07. The smallest absolute Gasteiger partial charge is 0.110 e. The van der Waals surface area contributed by atoms with Gasteiger partial charge in [0.05, 0.1) is 12.0 Å². The molecule has 2 aromatic rings. The van der Waals surface area contributed by atoms with Crippen molar-refractivity contribution in [3.8, 4) is 0 Å². The first-order valence-corrected chi connectivity index (χ1v) is 5.40. The van der Waals surface area contributed by atoms with E-state index in [9.17, 15) is 0 Å². The van der Waals surface area contributed by atoms with Gasteiger partial charge in [-0.1, -0.05) is 0 Å². The molecule has 5 nitrogen and oxygen atoms in total. The SMILES string of the molecule is C[C@H](N)c1cncn1CCc1nccn1C. The molecule has 0 aliphatic carbocycles. The van der Waals surface area contributed by atoms with Gasteiger partial charge in [0.1, 0.15) is 5.82 Å². The van der Waals surface area contributed by atoms with Crippen LogP contribution in [0, 0.1) is 0 Å². The largest absolute Gasteiger partial charge is 0.338 e. The average molecular weight is 219 g/mol. The summed E-state index contributed by atoms with van der Waals surface area (Å²) in [6.45, 7) is 2.83. The maximum Gasteiger partial charge on any atom is 0.110 e. The average Bonchev–Trinajstić information content (AvgIpc) is 2.83. The quantitative estimate of drug-likeness (QED) is 0.830. The second-order valence-corrected chi connectivity index (χ2v) is 4.00. The van der Waals surface area contributed by atoms with Crippen LogP contribution in [0.4, 0.5) is 0 Å². The Morgan fingerprint density at radius 2 is 2.31 bits per heavy atom. The topological polar surface area (TPSA) is 61.7 Å². The Bertz CT molecular complexity index is 454. The van der Waals surface area contributed by atoms with Crippen molar-refractivity contribution in [1.82, 2.24) is 19.1 Å². The number of imidazole rings is 2. The van der Waals surface area contributed by atoms with Gasteiger partial charge in [-0.15, -0.1) is 0 Å². The maximum absolute atomic E-state index is 5.86. The molecule has 0 saturated heterocycles. The lowest BCUT2D eigenvalue weighted by atomic mass is 10.2. The van der Waals surface area contributed by atoms with Crippen LogP contribution in [0.25, 0.3) is 0 Å². The van der Waals surface area contributed by atoms with E-state index in [1.165, 1.54) is 0 Å². The van der Waals surface area contributed by atoms with Gasteiger partial charge in [0.2, 0.25) is 0 Å². The summed E-state index contributed by atoms with van der Waals surface area (Å²) in [6.07, 6.45) is 8.30. The number of aromatic nitrogens is 4. The number of nitrogens with two attached hydrogens (primary N) is 1. The van der Waals surface area contributed by atoms with Gasteiger partial charge in [0.15, 0.2) is 0 Å². The van der Waals surface area contributed by atoms with Gasteiger partial charge in [-0.25, -0.2) is 9.97 Å². The van der Waals surface area contributed by atoms with Crippen LogP contribution in [0.2, 0.25) is 0 Å². The zero-order chi connectivity index (χ0) is 11.5. The van der Waals surface area contributed by atoms with E-state index < -0.39 is 0 Å². The van der Waals surface area contributed by atoms with Gasteiger partial charge in [-0.05, 0) is 6.92 Å². The molecule has 86 valence electrons. The first kappa shape index (κ1) is 10.9. The highest BCUT2D eigenvalue weighted by atomic mass is 15.1. The van der Waals surface area contributed by atoms with Crippen molar-refractivity contribution in [1.29, 1.82) is 0 Å². The molecule has 2 heterocycles. The molecule has 0 spiro atoms. The first-order chi connectivity index (χ1) is 7.68. The van der Waals surface area contributed by atoms with Crippen molar-refractivity contribution in [2.24, 2.45) is 12.8 Å². The number of aryl methyl sites for hydroxylation is 3. The third-order valence-corrected chi connectivity index (χ3v) is 2.71. The van der Waals surface area contributed by atoms with Gasteiger partial charge in [0, 0.05) is 44.6 Å². The molecule has 2 rings (SSSR count). The summed E-state index contributed by atoms with van der Waals surface area (Å²) in [6, 6.07) is 0.0175. The maximum atomic E-state index is 5.86. The van der Waals surface area contributed by atoms with Crippen LogP contribution in [-0.4, -0.2) is 19.1 Å². The molecule has 0 saturated carbocycles. The summed E-state index contributed by atoms with van der Waals surface area (Å²) in [4.78, 5) is 8.41. The summed E-state index contributed by atoms with van der Waals surface area (Å²) in [5.74, 6) is 1.07. The van der Waals surface area contributed by atoms with Crippen LogP contribution in [0.15, 0.2) is 24.9 Å². The van der Waals surface area contributed by atoms with Gasteiger partial charge in [-0.2, -0.15) is 0 Å². The van der Waals surface area contributed by atoms with E-state index in [-0.39, 0.29) is 6.04 Å². The molecule has 5 heteroatoms. The van der Waals surface area contributed by atoms with Gasteiger partial charge in [0.25, 0.3) is 0 Å². The lowest BCUT2D eigenvalue weighted by Gasteiger charge is -2.10. The van der Waals surface area contributed by atoms with Crippen molar-refractivity contribution in [3.63, 3.8) is 0 Å². The van der Waals surface area contributed by atoms with E-state index in [0.717, 1.165) is 24.5 Å². The fraction of sp³-hybridized carbons (Fsp3) is 0.455. The highest BCUT2D eigenvalue weighted by molar-refractivity contribution is 5.03. The molecule has 16 heavy (non-hydrogen) atoms. The molecule has 0 aromatic carbocycles. The molecule has 0 bridgehead atoms. The van der Waals surface area contributed by atoms with Gasteiger partial charge < -0.3 is 14.9 Å². The number of nitrogens with zero attached hydrogens (tertiary/aromatic N) is 4. The highest BCUT2D eigenvalue weighted by Crippen LogP contribution is 2.09. The number of hydrogen-bond acceptors (Lipinski definition) is 3. The molecule has 0 aliphatic rings. The predicted octanol–water partition coefficient (Wildman–Crippen LogP) is 0.879. The summed E-state index contributed by atoms with van der Waals surface area (Å²) in [5, 5.41) is 0. The first-order valence-electron chi connectivity index (χ1n) is 5.40. The van der Waals surface area contributed by atoms with Crippen molar-refractivity contribution in [3.05, 3.63) is 36.4 Å². The fourth-order valence-corrected chi connectivity index (χ4v) is 1.75. The summed E-state index contributed by atoms with van der Waals surface area (Å²) >= 11 is 0. The zero-order valence-corrected chi connectivity index (χ0v) is 9.67. The van der Waals surface area contributed by atoms with Crippen LogP contribution in [-0.2, 0) is 20.0 Å². The lowest BCUT2D eigenvalue weighted by molar-refractivity contribution is 0.601. The molecule has 0 aliphatic heterocycles. The summed E-state index contributed by atoms with van der Waals surface area (Å²) < 4.78 is 4.11. The Morgan fingerprint density at radius 3 is 2.94 bits per heavy atom. The minimum absolute atomic E-state index is 0.0175. The molecule has 2 aromatic heterocycles. The monoisotopic (exact) mass is 219 g/mol. The van der Waals surface area contributed by atoms with E-state index in [1.54, 1.807) is 0 Å². The zero-order valence-electron chi connectivity index (χ0n) is 9.67. The van der Waals surface area contributed by atoms with Crippen molar-refractivity contribution >= 4 is 0 Å². The third kappa shape index (κ3) is 2.14. The van der Waals surface area contributed by atoms with Crippen LogP contribution in [0.3, 0.4) is 0 Å². The number of rotatable bonds is 4. The summed E-state index contributed by atoms with van der Waals surface area (Å²) in [5.41, 5.74) is 6.92. The Balaban J connectivity index is 2.05. The van der Waals surface area contributed by atoms with Crippen LogP contribution >= 0.6 is 0 Å². The molecular weight excluding hydrogens is 202 g/mol. The van der Waals surface area contributed by atoms with E-state index in [4.69, 9.17) is 5.73 Å². The molecule has 0 amide bonds. The van der Waals surface area contributed by atoms with E-state index in [0.29, 0.717) is 0 Å². The fourth-order valence-electron chi connectivity index (χ4n) is 1.75. The normalized spacial score (nSPS) is 12.9. The second-order valence-electron chi connectivity index (χ2n) is 4.00. The van der Waals surface area contributed by atoms with Crippen LogP contribution < -0.4 is 5.73 Å². The van der Waals surface area contributed by atoms with Gasteiger partial charge in [-0.3, -0.25) is 0 Å². The molecule has 0 unspecified atom stereocenters. The third-order valence-electron chi connectivity index (χ3n) is 2.71. The second kappa shape index (κ2) is 4.49. The van der Waals surface area contributed by atoms with E-state index in [2.05, 4.69) is 14.5 Å². The number of hydrogen-bond donors (Lipinski definition) is 1. The van der Waals surface area contributed by atoms with Crippen molar-refractivity contribution in [2.45, 2.75) is 25.9 Å². The van der Waals surface area contributed by atoms with Crippen LogP contribution in [0.5, 0.6) is 0 Å². The Hall–Kier alpha value is -1.62. The van der Waals surface area contributed by atoms with Gasteiger partial charge >= 0.3 is 0 Å². The van der Waals surface area contributed by atoms with E-state index in [1.807, 2.05) is 43.5 Å². The molecule has 0 radical (unpaired) electrons. The summed E-state index contributed by atoms with van der Waals surface area (Å²) in [7, 11) is 2.00. The Labute approximate surface area is 94.9 Å². The van der Waals surface area contributed by atoms with E-state index >= 15 is 0 Å². The lowest BCUT2D eigenvalue weighted by Crippen LogP contribution is -2.13. The Morgan fingerprint density at radius 1 is 1.50 bits per heavy atom.